The summed E-state index contributed by atoms with van der Waals surface area (Å²) >= 11 is 0. The lowest BCUT2D eigenvalue weighted by Gasteiger charge is -2.32. The van der Waals surface area contributed by atoms with Crippen LogP contribution in [0.5, 0.6) is 11.6 Å². The van der Waals surface area contributed by atoms with Crippen molar-refractivity contribution in [2.45, 2.75) is 30.7 Å². The second-order valence-electron chi connectivity index (χ2n) is 6.40. The average Bonchev–Trinajstić information content (AvgIpc) is 2.68. The van der Waals surface area contributed by atoms with Gasteiger partial charge < -0.3 is 14.8 Å². The van der Waals surface area contributed by atoms with Crippen molar-refractivity contribution in [2.75, 3.05) is 32.6 Å². The van der Waals surface area contributed by atoms with Gasteiger partial charge in [-0.25, -0.2) is 18.4 Å². The Morgan fingerprint density at radius 3 is 2.48 bits per heavy atom. The van der Waals surface area contributed by atoms with Crippen LogP contribution in [0.15, 0.2) is 35.5 Å². The number of sulfonamides is 1. The maximum Gasteiger partial charge on any atom is 0.243 e. The van der Waals surface area contributed by atoms with Crippen LogP contribution in [0.3, 0.4) is 0 Å². The quantitative estimate of drug-likeness (QED) is 0.804. The van der Waals surface area contributed by atoms with E-state index < -0.39 is 10.0 Å². The molecular weight excluding hydrogens is 368 g/mol. The van der Waals surface area contributed by atoms with Crippen molar-refractivity contribution in [3.05, 3.63) is 36.2 Å². The summed E-state index contributed by atoms with van der Waals surface area (Å²) in [6, 6.07) is 6.82. The topological polar surface area (TPSA) is 93.7 Å². The fraction of sp³-hybridized carbons (Fsp3) is 0.444. The van der Waals surface area contributed by atoms with Crippen LogP contribution in [0, 0.1) is 6.92 Å². The third kappa shape index (κ3) is 4.30. The number of benzene rings is 1. The molecule has 1 saturated heterocycles. The lowest BCUT2D eigenvalue weighted by molar-refractivity contribution is 0.329. The summed E-state index contributed by atoms with van der Waals surface area (Å²) in [6.07, 6.45) is 2.83. The molecule has 1 aliphatic rings. The number of rotatable bonds is 6. The highest BCUT2D eigenvalue weighted by molar-refractivity contribution is 7.89. The summed E-state index contributed by atoms with van der Waals surface area (Å²) in [4.78, 5) is 8.45. The Labute approximate surface area is 159 Å². The minimum absolute atomic E-state index is 0.147. The van der Waals surface area contributed by atoms with E-state index in [0.29, 0.717) is 48.3 Å². The van der Waals surface area contributed by atoms with Gasteiger partial charge in [0.1, 0.15) is 17.9 Å². The number of nitrogens with zero attached hydrogens (tertiary/aromatic N) is 3. The van der Waals surface area contributed by atoms with E-state index in [9.17, 15) is 8.42 Å². The molecule has 1 fully saturated rings. The highest BCUT2D eigenvalue weighted by Gasteiger charge is 2.29. The molecule has 0 bridgehead atoms. The zero-order valence-electron chi connectivity index (χ0n) is 15.7. The molecule has 0 unspecified atom stereocenters. The standard InChI is InChI=1S/C18H24N4O4S/c1-13-10-15(4-5-16(13)25-2)27(23,24)22-8-6-14(7-9-22)21-17-11-18(26-3)20-12-19-17/h4-5,10-12,14H,6-9H2,1-3H3,(H,19,20,21). The number of aryl methyl sites for hydroxylation is 1. The van der Waals surface area contributed by atoms with Crippen molar-refractivity contribution in [1.82, 2.24) is 14.3 Å². The predicted molar refractivity (Wildman–Crippen MR) is 102 cm³/mol. The van der Waals surface area contributed by atoms with E-state index in [1.54, 1.807) is 38.5 Å². The van der Waals surface area contributed by atoms with Crippen molar-refractivity contribution in [3.63, 3.8) is 0 Å². The van der Waals surface area contributed by atoms with Gasteiger partial charge in [-0.15, -0.1) is 0 Å². The summed E-state index contributed by atoms with van der Waals surface area (Å²) in [5.74, 6) is 1.84. The second kappa shape index (κ2) is 8.10. The number of piperidine rings is 1. The van der Waals surface area contributed by atoms with Crippen LogP contribution >= 0.6 is 0 Å². The molecule has 1 N–H and O–H groups in total. The number of hydrogen-bond acceptors (Lipinski definition) is 7. The van der Waals surface area contributed by atoms with Crippen molar-refractivity contribution >= 4 is 15.8 Å². The van der Waals surface area contributed by atoms with Crippen LogP contribution in [-0.4, -0.2) is 56.0 Å². The first-order valence-corrected chi connectivity index (χ1v) is 10.2. The van der Waals surface area contributed by atoms with E-state index in [2.05, 4.69) is 15.3 Å². The van der Waals surface area contributed by atoms with Gasteiger partial charge in [-0.05, 0) is 43.5 Å². The van der Waals surface area contributed by atoms with Crippen LogP contribution in [0.2, 0.25) is 0 Å². The van der Waals surface area contributed by atoms with Crippen molar-refractivity contribution in [2.24, 2.45) is 0 Å². The summed E-state index contributed by atoms with van der Waals surface area (Å²) < 4.78 is 37.7. The van der Waals surface area contributed by atoms with Gasteiger partial charge in [-0.1, -0.05) is 0 Å². The maximum atomic E-state index is 12.9. The van der Waals surface area contributed by atoms with Gasteiger partial charge in [0.15, 0.2) is 0 Å². The average molecular weight is 392 g/mol. The van der Waals surface area contributed by atoms with Crippen molar-refractivity contribution in [1.29, 1.82) is 0 Å². The number of ether oxygens (including phenoxy) is 2. The van der Waals surface area contributed by atoms with E-state index in [0.717, 1.165) is 5.56 Å². The van der Waals surface area contributed by atoms with E-state index in [-0.39, 0.29) is 6.04 Å². The van der Waals surface area contributed by atoms with Gasteiger partial charge in [0.05, 0.1) is 19.1 Å². The molecule has 27 heavy (non-hydrogen) atoms. The van der Waals surface area contributed by atoms with E-state index in [4.69, 9.17) is 9.47 Å². The SMILES string of the molecule is COc1cc(NC2CCN(S(=O)(=O)c3ccc(OC)c(C)c3)CC2)ncn1. The Morgan fingerprint density at radius 2 is 1.85 bits per heavy atom. The summed E-state index contributed by atoms with van der Waals surface area (Å²) in [5, 5.41) is 3.32. The number of anilines is 1. The number of aromatic nitrogens is 2. The molecule has 0 spiro atoms. The Balaban J connectivity index is 1.64. The first-order valence-electron chi connectivity index (χ1n) is 8.71. The molecule has 0 atom stereocenters. The zero-order chi connectivity index (χ0) is 19.4. The van der Waals surface area contributed by atoms with Gasteiger partial charge in [0, 0.05) is 25.2 Å². The molecule has 0 radical (unpaired) electrons. The van der Waals surface area contributed by atoms with E-state index in [1.165, 1.54) is 10.6 Å². The number of methoxy groups -OCH3 is 2. The van der Waals surface area contributed by atoms with Crippen molar-refractivity contribution in [3.8, 4) is 11.6 Å². The van der Waals surface area contributed by atoms with Gasteiger partial charge in [0.2, 0.25) is 15.9 Å². The number of nitrogens with one attached hydrogen (secondary N) is 1. The highest BCUT2D eigenvalue weighted by atomic mass is 32.2. The molecule has 146 valence electrons. The summed E-state index contributed by atoms with van der Waals surface area (Å²) in [7, 11) is -0.389. The first kappa shape index (κ1) is 19.4. The monoisotopic (exact) mass is 392 g/mol. The lowest BCUT2D eigenvalue weighted by atomic mass is 10.1. The molecule has 3 rings (SSSR count). The van der Waals surface area contributed by atoms with E-state index in [1.807, 2.05) is 6.92 Å². The Kier molecular flexibility index (Phi) is 5.81. The minimum atomic E-state index is -3.51. The molecule has 0 aliphatic carbocycles. The van der Waals surface area contributed by atoms with Crippen LogP contribution in [0.25, 0.3) is 0 Å². The molecule has 0 amide bonds. The fourth-order valence-corrected chi connectivity index (χ4v) is 4.70. The summed E-state index contributed by atoms with van der Waals surface area (Å²) in [6.45, 7) is 2.74. The van der Waals surface area contributed by atoms with Gasteiger partial charge in [-0.2, -0.15) is 4.31 Å². The van der Waals surface area contributed by atoms with Crippen LogP contribution in [0.1, 0.15) is 18.4 Å². The van der Waals surface area contributed by atoms with E-state index >= 15 is 0 Å². The van der Waals surface area contributed by atoms with Crippen LogP contribution < -0.4 is 14.8 Å². The van der Waals surface area contributed by atoms with Crippen molar-refractivity contribution < 1.29 is 17.9 Å². The second-order valence-corrected chi connectivity index (χ2v) is 8.34. The Hall–Kier alpha value is -2.39. The molecule has 8 nitrogen and oxygen atoms in total. The third-order valence-electron chi connectivity index (χ3n) is 4.66. The molecule has 1 aromatic heterocycles. The molecule has 1 aromatic carbocycles. The molecule has 0 saturated carbocycles. The Bertz CT molecular complexity index is 896. The third-order valence-corrected chi connectivity index (χ3v) is 6.56. The molecule has 2 aromatic rings. The Morgan fingerprint density at radius 1 is 1.11 bits per heavy atom. The van der Waals surface area contributed by atoms with Gasteiger partial charge in [0.25, 0.3) is 0 Å². The molecule has 1 aliphatic heterocycles. The minimum Gasteiger partial charge on any atom is -0.496 e. The molecular formula is C18H24N4O4S. The predicted octanol–water partition coefficient (Wildman–Crippen LogP) is 2.07. The summed E-state index contributed by atoms with van der Waals surface area (Å²) in [5.41, 5.74) is 0.799. The largest absolute Gasteiger partial charge is 0.496 e. The number of hydrogen-bond donors (Lipinski definition) is 1. The maximum absolute atomic E-state index is 12.9. The van der Waals surface area contributed by atoms with Gasteiger partial charge in [-0.3, -0.25) is 0 Å². The van der Waals surface area contributed by atoms with Gasteiger partial charge >= 0.3 is 0 Å². The fourth-order valence-electron chi connectivity index (χ4n) is 3.14. The first-order chi connectivity index (χ1) is 12.9. The van der Waals surface area contributed by atoms with Crippen LogP contribution in [-0.2, 0) is 10.0 Å². The molecule has 2 heterocycles. The lowest BCUT2D eigenvalue weighted by Crippen LogP contribution is -2.42. The molecule has 9 heteroatoms. The normalized spacial score (nSPS) is 16.1. The smallest absolute Gasteiger partial charge is 0.243 e. The zero-order valence-corrected chi connectivity index (χ0v) is 16.5. The highest BCUT2D eigenvalue weighted by Crippen LogP contribution is 2.26. The van der Waals surface area contributed by atoms with Crippen LogP contribution in [0.4, 0.5) is 5.82 Å².